The van der Waals surface area contributed by atoms with E-state index in [-0.39, 0.29) is 30.0 Å². The molecule has 3 fully saturated rings. The lowest BCUT2D eigenvalue weighted by Crippen LogP contribution is -2.53. The van der Waals surface area contributed by atoms with Gasteiger partial charge >= 0.3 is 0 Å². The Kier molecular flexibility index (Phi) is 7.32. The Morgan fingerprint density at radius 2 is 1.53 bits per heavy atom. The first-order chi connectivity index (χ1) is 23.5. The number of carbonyl (C=O) groups is 4. The highest BCUT2D eigenvalue weighted by Gasteiger charge is 2.70. The average Bonchev–Trinajstić information content (AvgIpc) is 3.48. The van der Waals surface area contributed by atoms with Crippen LogP contribution in [0.3, 0.4) is 0 Å². The molecule has 10 heteroatoms. The van der Waals surface area contributed by atoms with Gasteiger partial charge in [0.25, 0.3) is 0 Å². The molecule has 6 atom stereocenters. The molecule has 0 spiro atoms. The first-order valence-corrected chi connectivity index (χ1v) is 16.8. The number of aryl methyl sites for hydroxylation is 1. The molecule has 2 saturated heterocycles. The maximum absolute atomic E-state index is 15.3. The van der Waals surface area contributed by atoms with E-state index in [9.17, 15) is 19.5 Å². The Morgan fingerprint density at radius 3 is 2.27 bits per heavy atom. The number of fused-ring (bicyclic) bond motifs is 4. The molecule has 7 nitrogen and oxygen atoms in total. The molecule has 4 aromatic carbocycles. The quantitative estimate of drug-likeness (QED) is 0.176. The summed E-state index contributed by atoms with van der Waals surface area (Å²) in [5.74, 6) is -7.72. The predicted molar refractivity (Wildman–Crippen MR) is 183 cm³/mol. The van der Waals surface area contributed by atoms with Crippen LogP contribution in [0.4, 0.5) is 15.8 Å². The second-order valence-electron chi connectivity index (χ2n) is 13.2. The van der Waals surface area contributed by atoms with Crippen molar-refractivity contribution in [1.29, 1.82) is 0 Å². The van der Waals surface area contributed by atoms with Gasteiger partial charge in [0.05, 0.1) is 34.5 Å². The van der Waals surface area contributed by atoms with Gasteiger partial charge in [-0.2, -0.15) is 0 Å². The number of carbonyl (C=O) groups excluding carboxylic acids is 4. The van der Waals surface area contributed by atoms with Crippen molar-refractivity contribution in [2.75, 3.05) is 9.80 Å². The molecule has 0 unspecified atom stereocenters. The molecule has 0 aromatic heterocycles. The van der Waals surface area contributed by atoms with Crippen molar-refractivity contribution < 1.29 is 28.7 Å². The fourth-order valence-electron chi connectivity index (χ4n) is 8.83. The van der Waals surface area contributed by atoms with Gasteiger partial charge in [0, 0.05) is 21.5 Å². The first kappa shape index (κ1) is 31.5. The van der Waals surface area contributed by atoms with Crippen LogP contribution in [-0.2, 0) is 24.6 Å². The highest BCUT2D eigenvalue weighted by molar-refractivity contribution is 6.33. The van der Waals surface area contributed by atoms with Crippen molar-refractivity contribution >= 4 is 58.2 Å². The number of amides is 4. The van der Waals surface area contributed by atoms with Gasteiger partial charge in [-0.1, -0.05) is 89.4 Å². The number of halogens is 3. The van der Waals surface area contributed by atoms with Gasteiger partial charge in [-0.05, 0) is 73.2 Å². The molecule has 0 radical (unpaired) electrons. The van der Waals surface area contributed by atoms with Gasteiger partial charge in [0.1, 0.15) is 0 Å². The molecule has 2 heterocycles. The van der Waals surface area contributed by atoms with E-state index in [1.165, 1.54) is 17.0 Å². The number of rotatable bonds is 4. The fraction of sp³-hybridized carbons (Fsp3) is 0.231. The third kappa shape index (κ3) is 4.40. The van der Waals surface area contributed by atoms with Crippen molar-refractivity contribution in [3.63, 3.8) is 0 Å². The van der Waals surface area contributed by atoms with Crippen LogP contribution in [0.25, 0.3) is 0 Å². The molecule has 2 aliphatic heterocycles. The Balaban J connectivity index is 1.36. The van der Waals surface area contributed by atoms with E-state index in [2.05, 4.69) is 0 Å². The monoisotopic (exact) mass is 694 g/mol. The van der Waals surface area contributed by atoms with E-state index >= 15 is 9.18 Å². The summed E-state index contributed by atoms with van der Waals surface area (Å²) in [6.45, 7) is 1.82. The second kappa shape index (κ2) is 11.4. The van der Waals surface area contributed by atoms with Crippen LogP contribution >= 0.6 is 23.2 Å². The highest BCUT2D eigenvalue weighted by Crippen LogP contribution is 2.65. The summed E-state index contributed by atoms with van der Waals surface area (Å²) in [7, 11) is 0. The van der Waals surface area contributed by atoms with Crippen molar-refractivity contribution in [1.82, 2.24) is 0 Å². The molecule has 4 amide bonds. The van der Waals surface area contributed by atoms with Crippen LogP contribution < -0.4 is 9.80 Å². The molecule has 246 valence electrons. The van der Waals surface area contributed by atoms with Crippen molar-refractivity contribution in [3.05, 3.63) is 135 Å². The van der Waals surface area contributed by atoms with Crippen LogP contribution in [0, 0.1) is 36.4 Å². The lowest BCUT2D eigenvalue weighted by atomic mass is 9.49. The van der Waals surface area contributed by atoms with Crippen LogP contribution in [0.2, 0.25) is 10.0 Å². The van der Waals surface area contributed by atoms with Gasteiger partial charge in [0.15, 0.2) is 11.6 Å². The number of allylic oxidation sites excluding steroid dienone is 2. The van der Waals surface area contributed by atoms with Gasteiger partial charge in [-0.25, -0.2) is 14.2 Å². The van der Waals surface area contributed by atoms with E-state index in [1.54, 1.807) is 72.8 Å². The Morgan fingerprint density at radius 1 is 0.796 bits per heavy atom. The number of phenolic OH excluding ortho intramolecular Hbond substituents is 1. The zero-order chi connectivity index (χ0) is 34.4. The van der Waals surface area contributed by atoms with E-state index in [0.717, 1.165) is 16.5 Å². The zero-order valence-corrected chi connectivity index (χ0v) is 27.7. The van der Waals surface area contributed by atoms with E-state index in [0.29, 0.717) is 26.9 Å². The number of para-hydroxylation sites is 1. The maximum Gasteiger partial charge on any atom is 0.246 e. The van der Waals surface area contributed by atoms with Crippen molar-refractivity contribution in [2.45, 2.75) is 31.1 Å². The summed E-state index contributed by atoms with van der Waals surface area (Å²) in [4.78, 5) is 60.7. The Labute approximate surface area is 291 Å². The molecule has 1 saturated carbocycles. The van der Waals surface area contributed by atoms with Crippen molar-refractivity contribution in [3.8, 4) is 5.75 Å². The molecule has 49 heavy (non-hydrogen) atoms. The Hall–Kier alpha value is -4.79. The molecule has 4 aromatic rings. The van der Waals surface area contributed by atoms with Gasteiger partial charge in [-0.3, -0.25) is 19.2 Å². The average molecular weight is 696 g/mol. The smallest absolute Gasteiger partial charge is 0.246 e. The summed E-state index contributed by atoms with van der Waals surface area (Å²) in [6, 6.07) is 24.5. The summed E-state index contributed by atoms with van der Waals surface area (Å²) in [6.07, 6.45) is 2.11. The number of benzene rings is 4. The lowest BCUT2D eigenvalue weighted by Gasteiger charge is -2.50. The minimum atomic E-state index is -1.63. The van der Waals surface area contributed by atoms with Gasteiger partial charge in [0.2, 0.25) is 23.6 Å². The number of anilines is 2. The summed E-state index contributed by atoms with van der Waals surface area (Å²) < 4.78 is 15.3. The first-order valence-electron chi connectivity index (χ1n) is 16.1. The Bertz CT molecular complexity index is 2140. The number of aromatic hydroxyl groups is 1. The van der Waals surface area contributed by atoms with Gasteiger partial charge in [-0.15, -0.1) is 0 Å². The second-order valence-corrected chi connectivity index (χ2v) is 14.1. The zero-order valence-electron chi connectivity index (χ0n) is 26.1. The van der Waals surface area contributed by atoms with Crippen molar-refractivity contribution in [2.24, 2.45) is 23.7 Å². The molecule has 4 aliphatic rings. The van der Waals surface area contributed by atoms with Crippen LogP contribution in [0.5, 0.6) is 5.75 Å². The lowest BCUT2D eigenvalue weighted by molar-refractivity contribution is -0.127. The number of phenols is 1. The molecular formula is C39H29Cl2FN2O5. The fourth-order valence-corrected chi connectivity index (χ4v) is 9.19. The SMILES string of the molecule is Cc1ccc(N2C(=O)[C@H]3[C@H](CC=C4[C@H]3C[C@H]3C(=O)N(c5cccc(Cl)c5)C(=O)[C@@]3(c3ccccc3)[C@H]4c3cccc(F)c3O)C2=O)cc1Cl. The summed E-state index contributed by atoms with van der Waals surface area (Å²) in [5.41, 5.74) is 1.05. The normalized spacial score (nSPS) is 27.6. The highest BCUT2D eigenvalue weighted by atomic mass is 35.5. The maximum atomic E-state index is 15.3. The third-order valence-corrected chi connectivity index (χ3v) is 11.6. The molecule has 1 N–H and O–H groups in total. The number of hydrogen-bond acceptors (Lipinski definition) is 5. The van der Waals surface area contributed by atoms with E-state index in [4.69, 9.17) is 23.2 Å². The number of hydrogen-bond donors (Lipinski definition) is 1. The van der Waals surface area contributed by atoms with Crippen LogP contribution in [0.1, 0.15) is 35.4 Å². The van der Waals surface area contributed by atoms with Crippen LogP contribution in [-0.4, -0.2) is 28.7 Å². The number of nitrogens with zero attached hydrogens (tertiary/aromatic N) is 2. The standard InChI is InChI=1S/C39H29Cl2FN2O5/c1-20-13-14-24(18-30(20)41)43-35(46)26-16-15-25-28(32(26)37(43)48)19-29-36(47)44(23-10-5-9-22(40)17-23)38(49)39(29,21-7-3-2-4-8-21)33(25)27-11-6-12-31(42)34(27)45/h2-15,17-18,26,28-29,32-33,45H,16,19H2,1H3/t26-,28+,29-,32-,33+,39+/m0/s1. The van der Waals surface area contributed by atoms with E-state index < -0.39 is 64.3 Å². The van der Waals surface area contributed by atoms with Gasteiger partial charge < -0.3 is 5.11 Å². The predicted octanol–water partition coefficient (Wildman–Crippen LogP) is 7.51. The summed E-state index contributed by atoms with van der Waals surface area (Å²) >= 11 is 12.8. The topological polar surface area (TPSA) is 95.0 Å². The minimum Gasteiger partial charge on any atom is -0.505 e. The molecule has 8 rings (SSSR count). The minimum absolute atomic E-state index is 0.0671. The molecular weight excluding hydrogens is 666 g/mol. The third-order valence-electron chi connectivity index (χ3n) is 10.9. The van der Waals surface area contributed by atoms with Crippen LogP contribution in [0.15, 0.2) is 103 Å². The molecule has 0 bridgehead atoms. The van der Waals surface area contributed by atoms with E-state index in [1.807, 2.05) is 13.0 Å². The number of imide groups is 2. The summed E-state index contributed by atoms with van der Waals surface area (Å²) in [5, 5.41) is 12.1. The molecule has 2 aliphatic carbocycles. The largest absolute Gasteiger partial charge is 0.505 e.